The van der Waals surface area contributed by atoms with E-state index >= 15 is 0 Å². The lowest BCUT2D eigenvalue weighted by Gasteiger charge is -2.26. The molecule has 0 aromatic heterocycles. The number of nitrogens with one attached hydrogen (secondary N) is 2. The third-order valence-corrected chi connectivity index (χ3v) is 5.87. The molecule has 6 nitrogen and oxygen atoms in total. The maximum atomic E-state index is 11.9. The minimum Gasteiger partial charge on any atom is -0.494 e. The van der Waals surface area contributed by atoms with Gasteiger partial charge in [0.05, 0.1) is 6.61 Å². The minimum atomic E-state index is -0.454. The normalized spacial score (nSPS) is 13.9. The molecule has 7 heteroatoms. The van der Waals surface area contributed by atoms with Gasteiger partial charge in [0, 0.05) is 19.6 Å². The first-order valence-corrected chi connectivity index (χ1v) is 11.5. The van der Waals surface area contributed by atoms with Crippen LogP contribution in [0, 0.1) is 0 Å². The lowest BCUT2D eigenvalue weighted by molar-refractivity contribution is 0.220. The molecule has 4 rings (SSSR count). The van der Waals surface area contributed by atoms with Crippen LogP contribution in [-0.4, -0.2) is 31.1 Å². The summed E-state index contributed by atoms with van der Waals surface area (Å²) in [6.07, 6.45) is 4.65. The van der Waals surface area contributed by atoms with Gasteiger partial charge in [0.1, 0.15) is 17.1 Å². The van der Waals surface area contributed by atoms with Gasteiger partial charge in [0.2, 0.25) is 0 Å². The number of likely N-dealkylation sites (tertiary alicyclic amines) is 1. The first-order chi connectivity index (χ1) is 15.7. The fourth-order valence-electron chi connectivity index (χ4n) is 4.10. The lowest BCUT2D eigenvalue weighted by atomic mass is 10.1. The largest absolute Gasteiger partial charge is 0.494 e. The van der Waals surface area contributed by atoms with Gasteiger partial charge >= 0.3 is 0 Å². The number of nitrogens with zero attached hydrogens (tertiary/aromatic N) is 1. The Bertz CT molecular complexity index is 1070. The van der Waals surface area contributed by atoms with Crippen molar-refractivity contribution in [3.05, 3.63) is 86.2 Å². The van der Waals surface area contributed by atoms with Gasteiger partial charge in [-0.3, -0.25) is 14.5 Å². The average molecular weight is 470 g/mol. The van der Waals surface area contributed by atoms with Crippen molar-refractivity contribution in [3.63, 3.8) is 0 Å². The van der Waals surface area contributed by atoms with Crippen LogP contribution in [-0.2, 0) is 13.1 Å². The Kier molecular flexibility index (Phi) is 9.34. The second-order valence-electron chi connectivity index (χ2n) is 8.36. The van der Waals surface area contributed by atoms with Gasteiger partial charge in [-0.25, -0.2) is 0 Å². The number of hydrogen-bond donors (Lipinski definition) is 2. The summed E-state index contributed by atoms with van der Waals surface area (Å²) < 4.78 is 5.91. The number of piperidine rings is 1. The Morgan fingerprint density at radius 3 is 2.27 bits per heavy atom. The maximum Gasteiger partial charge on any atom is 0.253 e. The monoisotopic (exact) mass is 469 g/mol. The zero-order valence-electron chi connectivity index (χ0n) is 18.8. The highest BCUT2D eigenvalue weighted by Crippen LogP contribution is 2.18. The van der Waals surface area contributed by atoms with Crippen LogP contribution in [0.2, 0.25) is 0 Å². The molecule has 0 atom stereocenters. The molecule has 176 valence electrons. The van der Waals surface area contributed by atoms with E-state index in [1.807, 2.05) is 42.5 Å². The van der Waals surface area contributed by atoms with Gasteiger partial charge < -0.3 is 15.4 Å². The molecule has 0 spiro atoms. The van der Waals surface area contributed by atoms with Gasteiger partial charge in [-0.15, -0.1) is 12.4 Å². The summed E-state index contributed by atoms with van der Waals surface area (Å²) in [5.74, 6) is 0.874. The third kappa shape index (κ3) is 6.83. The maximum absolute atomic E-state index is 11.9. The van der Waals surface area contributed by atoms with Crippen LogP contribution in [0.25, 0.3) is 0 Å². The first kappa shape index (κ1) is 24.8. The van der Waals surface area contributed by atoms with Crippen molar-refractivity contribution in [2.24, 2.45) is 0 Å². The molecule has 1 fully saturated rings. The van der Waals surface area contributed by atoms with E-state index < -0.39 is 10.9 Å². The molecule has 0 saturated carbocycles. The van der Waals surface area contributed by atoms with E-state index in [4.69, 9.17) is 4.74 Å². The quantitative estimate of drug-likeness (QED) is 0.324. The van der Waals surface area contributed by atoms with Gasteiger partial charge in [-0.1, -0.05) is 48.9 Å². The summed E-state index contributed by atoms with van der Waals surface area (Å²) in [7, 11) is 0. The van der Waals surface area contributed by atoms with E-state index in [2.05, 4.69) is 27.7 Å². The Morgan fingerprint density at radius 1 is 0.818 bits per heavy atom. The molecule has 0 radical (unpaired) electrons. The van der Waals surface area contributed by atoms with Crippen LogP contribution >= 0.6 is 12.4 Å². The highest BCUT2D eigenvalue weighted by molar-refractivity contribution is 5.85. The second-order valence-corrected chi connectivity index (χ2v) is 8.36. The summed E-state index contributed by atoms with van der Waals surface area (Å²) >= 11 is 0. The fraction of sp³-hybridized carbons (Fsp3) is 0.385. The van der Waals surface area contributed by atoms with Crippen LogP contribution in [0.1, 0.15) is 36.8 Å². The average Bonchev–Trinajstić information content (AvgIpc) is 2.84. The van der Waals surface area contributed by atoms with Crippen molar-refractivity contribution in [2.75, 3.05) is 36.9 Å². The summed E-state index contributed by atoms with van der Waals surface area (Å²) in [5.41, 5.74) is 2.19. The highest BCUT2D eigenvalue weighted by Gasteiger charge is 2.20. The Balaban J connectivity index is 0.00000306. The van der Waals surface area contributed by atoms with Gasteiger partial charge in [-0.2, -0.15) is 0 Å². The van der Waals surface area contributed by atoms with Gasteiger partial charge in [-0.05, 0) is 55.6 Å². The highest BCUT2D eigenvalue weighted by atomic mass is 35.5. The molecule has 1 aliphatic heterocycles. The van der Waals surface area contributed by atoms with E-state index in [1.54, 1.807) is 0 Å². The van der Waals surface area contributed by atoms with Crippen LogP contribution in [0.4, 0.5) is 11.4 Å². The van der Waals surface area contributed by atoms with Gasteiger partial charge in [0.25, 0.3) is 10.9 Å². The zero-order chi connectivity index (χ0) is 22.2. The van der Waals surface area contributed by atoms with Crippen molar-refractivity contribution < 1.29 is 4.74 Å². The number of anilines is 2. The molecular formula is C26H32ClN3O3. The molecule has 1 aliphatic rings. The molecule has 1 heterocycles. The predicted octanol–water partition coefficient (Wildman–Crippen LogP) is 4.18. The summed E-state index contributed by atoms with van der Waals surface area (Å²) in [6.45, 7) is 4.95. The van der Waals surface area contributed by atoms with Crippen molar-refractivity contribution in [2.45, 2.75) is 38.8 Å². The standard InChI is InChI=1S/C26H31N3O3.ClH/c30-25-23(24(26(25)31)28-18-20-9-3-1-4-10-20)27-13-8-16-32-22-12-7-11-21(17-22)19-29-14-5-2-6-15-29;/h1,3-4,7,9-12,17,27-28H,2,5-6,8,13-16,18-19H2;1H. The molecule has 33 heavy (non-hydrogen) atoms. The molecule has 0 bridgehead atoms. The Hall–Kier alpha value is -2.83. The van der Waals surface area contributed by atoms with E-state index in [-0.39, 0.29) is 12.4 Å². The molecule has 3 aromatic rings. The molecule has 1 saturated heterocycles. The third-order valence-electron chi connectivity index (χ3n) is 5.87. The number of benzene rings is 2. The van der Waals surface area contributed by atoms with Crippen LogP contribution < -0.4 is 26.2 Å². The van der Waals surface area contributed by atoms with E-state index in [0.29, 0.717) is 31.1 Å². The summed E-state index contributed by atoms with van der Waals surface area (Å²) in [5, 5.41) is 6.18. The SMILES string of the molecule is Cl.O=c1c(NCCCOc2cccc(CN3CCCCC3)c2)c(NCc2ccccc2)c1=O. The molecule has 3 aromatic carbocycles. The molecule has 0 aliphatic carbocycles. The predicted molar refractivity (Wildman–Crippen MR) is 137 cm³/mol. The van der Waals surface area contributed by atoms with Crippen molar-refractivity contribution in [1.82, 2.24) is 4.90 Å². The summed E-state index contributed by atoms with van der Waals surface area (Å²) in [6, 6.07) is 18.1. The lowest BCUT2D eigenvalue weighted by Crippen LogP contribution is -2.37. The molecule has 2 N–H and O–H groups in total. The molecule has 0 amide bonds. The smallest absolute Gasteiger partial charge is 0.253 e. The summed E-state index contributed by atoms with van der Waals surface area (Å²) in [4.78, 5) is 26.3. The van der Waals surface area contributed by atoms with Crippen LogP contribution in [0.3, 0.4) is 0 Å². The van der Waals surface area contributed by atoms with E-state index in [9.17, 15) is 9.59 Å². The molecule has 0 unspecified atom stereocenters. The van der Waals surface area contributed by atoms with Crippen LogP contribution in [0.15, 0.2) is 64.2 Å². The van der Waals surface area contributed by atoms with Crippen molar-refractivity contribution in [3.8, 4) is 5.75 Å². The van der Waals surface area contributed by atoms with Crippen LogP contribution in [0.5, 0.6) is 5.75 Å². The number of halogens is 1. The zero-order valence-corrected chi connectivity index (χ0v) is 19.7. The minimum absolute atomic E-state index is 0. The van der Waals surface area contributed by atoms with Crippen molar-refractivity contribution in [1.29, 1.82) is 0 Å². The van der Waals surface area contributed by atoms with Crippen molar-refractivity contribution >= 4 is 23.8 Å². The fourth-order valence-corrected chi connectivity index (χ4v) is 4.10. The molecular weight excluding hydrogens is 438 g/mol. The Morgan fingerprint density at radius 2 is 1.52 bits per heavy atom. The number of ether oxygens (including phenoxy) is 1. The Labute approximate surface area is 201 Å². The van der Waals surface area contributed by atoms with E-state index in [1.165, 1.54) is 37.9 Å². The van der Waals surface area contributed by atoms with Gasteiger partial charge in [0.15, 0.2) is 0 Å². The number of rotatable bonds is 11. The topological polar surface area (TPSA) is 70.7 Å². The second kappa shape index (κ2) is 12.4. The first-order valence-electron chi connectivity index (χ1n) is 11.5. The van der Waals surface area contributed by atoms with E-state index in [0.717, 1.165) is 24.3 Å². The number of hydrogen-bond acceptors (Lipinski definition) is 6.